The summed E-state index contributed by atoms with van der Waals surface area (Å²) < 4.78 is 12.4. The Morgan fingerprint density at radius 1 is 1.06 bits per heavy atom. The summed E-state index contributed by atoms with van der Waals surface area (Å²) in [5.74, 6) is 5.32. The van der Waals surface area contributed by atoms with Gasteiger partial charge >= 0.3 is 5.97 Å². The van der Waals surface area contributed by atoms with Crippen LogP contribution in [0.5, 0.6) is 0 Å². The Bertz CT molecular complexity index is 912. The van der Waals surface area contributed by atoms with Gasteiger partial charge in [-0.2, -0.15) is 0 Å². The van der Waals surface area contributed by atoms with Gasteiger partial charge in [-0.3, -0.25) is 9.59 Å². The quantitative estimate of drug-likeness (QED) is 0.429. The lowest BCUT2D eigenvalue weighted by Gasteiger charge is -2.61. The molecule has 0 spiro atoms. The minimum Gasteiger partial charge on any atom is -0.494 e. The fraction of sp³-hybridized carbons (Fsp3) is 0.871. The van der Waals surface area contributed by atoms with E-state index in [2.05, 4.69) is 33.0 Å². The molecule has 36 heavy (non-hydrogen) atoms. The van der Waals surface area contributed by atoms with Crippen molar-refractivity contribution < 1.29 is 19.1 Å². The molecule has 1 heterocycles. The molecular weight excluding hydrogens is 450 g/mol. The Balaban J connectivity index is 1.26. The second-order valence-electron chi connectivity index (χ2n) is 13.8. The Morgan fingerprint density at radius 2 is 1.81 bits per heavy atom. The predicted molar refractivity (Wildman–Crippen MR) is 141 cm³/mol. The van der Waals surface area contributed by atoms with Crippen LogP contribution in [0, 0.1) is 46.3 Å². The summed E-state index contributed by atoms with van der Waals surface area (Å²) in [6.07, 6.45) is 12.4. The molecule has 0 saturated heterocycles. The zero-order chi connectivity index (χ0) is 25.8. The summed E-state index contributed by atoms with van der Waals surface area (Å²) in [5.41, 5.74) is 2.29. The maximum atomic E-state index is 11.6. The van der Waals surface area contributed by atoms with Gasteiger partial charge in [0, 0.05) is 32.7 Å². The Labute approximate surface area is 218 Å². The Hall–Kier alpha value is -1.52. The van der Waals surface area contributed by atoms with Crippen LogP contribution in [0.1, 0.15) is 106 Å². The highest BCUT2D eigenvalue weighted by Gasteiger charge is 2.64. The minimum atomic E-state index is -0.117. The number of carbonyl (C=O) groups excluding carboxylic acids is 2. The first-order valence-corrected chi connectivity index (χ1v) is 14.8. The van der Waals surface area contributed by atoms with E-state index in [1.807, 2.05) is 0 Å². The van der Waals surface area contributed by atoms with Crippen LogP contribution in [0.4, 0.5) is 0 Å². The molecule has 1 aliphatic heterocycles. The van der Waals surface area contributed by atoms with E-state index in [0.29, 0.717) is 34.7 Å². The SMILES string of the molecule is CC(=O)NC[C@H](C)CCC1=C(C)[C@H]2[C@@H](C[C@H]3[C@H]4CC[C@H]5C[C@@H](OC(C)=O)CC[C@]5(C)[C@@H]4CC[C@@]32C)O1. The van der Waals surface area contributed by atoms with Gasteiger partial charge in [-0.05, 0) is 111 Å². The van der Waals surface area contributed by atoms with Gasteiger partial charge in [0.25, 0.3) is 0 Å². The fourth-order valence-corrected chi connectivity index (χ4v) is 9.94. The van der Waals surface area contributed by atoms with Crippen molar-refractivity contribution in [3.05, 3.63) is 11.3 Å². The van der Waals surface area contributed by atoms with E-state index in [1.54, 1.807) is 13.8 Å². The van der Waals surface area contributed by atoms with Crippen molar-refractivity contribution in [1.29, 1.82) is 0 Å². The van der Waals surface area contributed by atoms with Crippen LogP contribution in [0.15, 0.2) is 11.3 Å². The Kier molecular flexibility index (Phi) is 7.00. The molecule has 0 unspecified atom stereocenters. The zero-order valence-electron chi connectivity index (χ0n) is 23.5. The maximum absolute atomic E-state index is 11.6. The van der Waals surface area contributed by atoms with E-state index in [-0.39, 0.29) is 18.0 Å². The van der Waals surface area contributed by atoms with E-state index >= 15 is 0 Å². The molecule has 5 rings (SSSR count). The lowest BCUT2D eigenvalue weighted by molar-refractivity contribution is -0.159. The molecular formula is C31H49NO4. The molecule has 4 fully saturated rings. The molecule has 0 aromatic rings. The second kappa shape index (κ2) is 9.66. The van der Waals surface area contributed by atoms with Crippen molar-refractivity contribution in [3.8, 4) is 0 Å². The highest BCUT2D eigenvalue weighted by atomic mass is 16.5. The number of amides is 1. The lowest BCUT2D eigenvalue weighted by atomic mass is 9.44. The molecule has 202 valence electrons. The first kappa shape index (κ1) is 26.1. The summed E-state index contributed by atoms with van der Waals surface area (Å²) in [7, 11) is 0. The van der Waals surface area contributed by atoms with Gasteiger partial charge in [0.15, 0.2) is 0 Å². The highest BCUT2D eigenvalue weighted by molar-refractivity contribution is 5.72. The standard InChI is InChI=1S/C31H49NO4/c1-18(17-32-20(3)33)7-10-27-19(2)29-28(36-27)16-26-24-9-8-22-15-23(35-21(4)34)11-13-30(22,5)25(24)12-14-31(26,29)6/h18,22-26,28-29H,7-17H2,1-6H3,(H,32,33)/t18-,22+,23+,24+,25-,26+,28-,29+,30+,31+/m1/s1. The van der Waals surface area contributed by atoms with Crippen LogP contribution in [0.25, 0.3) is 0 Å². The number of carbonyl (C=O) groups is 2. The van der Waals surface area contributed by atoms with Gasteiger partial charge in [-0.15, -0.1) is 0 Å². The van der Waals surface area contributed by atoms with Crippen LogP contribution in [-0.4, -0.2) is 30.6 Å². The lowest BCUT2D eigenvalue weighted by Crippen LogP contribution is -2.54. The van der Waals surface area contributed by atoms with Crippen molar-refractivity contribution in [3.63, 3.8) is 0 Å². The number of hydrogen-bond acceptors (Lipinski definition) is 4. The molecule has 5 aliphatic rings. The smallest absolute Gasteiger partial charge is 0.302 e. The van der Waals surface area contributed by atoms with Gasteiger partial charge < -0.3 is 14.8 Å². The van der Waals surface area contributed by atoms with Crippen LogP contribution < -0.4 is 5.32 Å². The topological polar surface area (TPSA) is 64.6 Å². The third-order valence-corrected chi connectivity index (χ3v) is 11.7. The molecule has 4 aliphatic carbocycles. The first-order valence-electron chi connectivity index (χ1n) is 14.8. The van der Waals surface area contributed by atoms with Gasteiger partial charge in [-0.1, -0.05) is 20.8 Å². The summed E-state index contributed by atoms with van der Waals surface area (Å²) in [6, 6.07) is 0. The molecule has 0 aromatic heterocycles. The second-order valence-corrected chi connectivity index (χ2v) is 13.8. The highest BCUT2D eigenvalue weighted by Crippen LogP contribution is 2.69. The van der Waals surface area contributed by atoms with Crippen molar-refractivity contribution in [2.75, 3.05) is 6.54 Å². The number of esters is 1. The van der Waals surface area contributed by atoms with E-state index in [4.69, 9.17) is 9.47 Å². The molecule has 0 bridgehead atoms. The monoisotopic (exact) mass is 499 g/mol. The maximum Gasteiger partial charge on any atom is 0.302 e. The average molecular weight is 500 g/mol. The number of nitrogens with one attached hydrogen (secondary N) is 1. The van der Waals surface area contributed by atoms with Gasteiger partial charge in [-0.25, -0.2) is 0 Å². The van der Waals surface area contributed by atoms with Gasteiger partial charge in [0.1, 0.15) is 12.2 Å². The minimum absolute atomic E-state index is 0.0544. The number of allylic oxidation sites excluding steroid dienone is 1. The molecule has 4 saturated carbocycles. The number of rotatable bonds is 6. The van der Waals surface area contributed by atoms with Crippen molar-refractivity contribution in [2.24, 2.45) is 46.3 Å². The number of fused-ring (bicyclic) bond motifs is 7. The summed E-state index contributed by atoms with van der Waals surface area (Å²) >= 11 is 0. The molecule has 1 amide bonds. The normalized spacial score (nSPS) is 44.0. The van der Waals surface area contributed by atoms with Crippen LogP contribution in [-0.2, 0) is 19.1 Å². The number of ether oxygens (including phenoxy) is 2. The Morgan fingerprint density at radius 3 is 2.53 bits per heavy atom. The molecule has 0 radical (unpaired) electrons. The van der Waals surface area contributed by atoms with Gasteiger partial charge in [0.2, 0.25) is 5.91 Å². The largest absolute Gasteiger partial charge is 0.494 e. The molecule has 10 atom stereocenters. The van der Waals surface area contributed by atoms with E-state index in [0.717, 1.165) is 50.0 Å². The van der Waals surface area contributed by atoms with Crippen LogP contribution in [0.2, 0.25) is 0 Å². The predicted octanol–water partition coefficient (Wildman–Crippen LogP) is 6.41. The zero-order valence-corrected chi connectivity index (χ0v) is 23.5. The van der Waals surface area contributed by atoms with Crippen LogP contribution >= 0.6 is 0 Å². The molecule has 5 heteroatoms. The summed E-state index contributed by atoms with van der Waals surface area (Å²) in [4.78, 5) is 22.8. The summed E-state index contributed by atoms with van der Waals surface area (Å²) in [6.45, 7) is 13.6. The van der Waals surface area contributed by atoms with Crippen molar-refractivity contribution >= 4 is 11.9 Å². The van der Waals surface area contributed by atoms with E-state index < -0.39 is 0 Å². The molecule has 5 nitrogen and oxygen atoms in total. The first-order chi connectivity index (χ1) is 17.0. The van der Waals surface area contributed by atoms with E-state index in [9.17, 15) is 9.59 Å². The van der Waals surface area contributed by atoms with Crippen LogP contribution in [0.3, 0.4) is 0 Å². The average Bonchev–Trinajstić information content (AvgIpc) is 3.29. The molecule has 0 aromatic carbocycles. The third kappa shape index (κ3) is 4.41. The fourth-order valence-electron chi connectivity index (χ4n) is 9.94. The van der Waals surface area contributed by atoms with Gasteiger partial charge in [0.05, 0.1) is 5.76 Å². The molecule has 1 N–H and O–H groups in total. The van der Waals surface area contributed by atoms with E-state index in [1.165, 1.54) is 49.9 Å². The van der Waals surface area contributed by atoms with Crippen molar-refractivity contribution in [2.45, 2.75) is 118 Å². The van der Waals surface area contributed by atoms with Crippen molar-refractivity contribution in [1.82, 2.24) is 5.32 Å². The third-order valence-electron chi connectivity index (χ3n) is 11.7. The number of hydrogen-bond donors (Lipinski definition) is 1. The summed E-state index contributed by atoms with van der Waals surface area (Å²) in [5, 5.41) is 2.96.